The average molecular weight is 422 g/mol. The predicted octanol–water partition coefficient (Wildman–Crippen LogP) is 3.90. The van der Waals surface area contributed by atoms with Crippen LogP contribution < -0.4 is 14.5 Å². The summed E-state index contributed by atoms with van der Waals surface area (Å²) < 4.78 is 27.3. The molecule has 3 aromatic carbocycles. The molecule has 2 aliphatic heterocycles. The van der Waals surface area contributed by atoms with Crippen molar-refractivity contribution in [1.82, 2.24) is 0 Å². The fourth-order valence-corrected chi connectivity index (χ4v) is 6.08. The van der Waals surface area contributed by atoms with Gasteiger partial charge in [0.05, 0.1) is 10.6 Å². The van der Waals surface area contributed by atoms with Crippen molar-refractivity contribution in [3.05, 3.63) is 60.2 Å². The van der Waals surface area contributed by atoms with Crippen molar-refractivity contribution >= 4 is 43.8 Å². The summed E-state index contributed by atoms with van der Waals surface area (Å²) in [6, 6.07) is 16.6. The first-order chi connectivity index (χ1) is 14.4. The molecule has 6 nitrogen and oxygen atoms in total. The Morgan fingerprint density at radius 2 is 1.77 bits per heavy atom. The summed E-state index contributed by atoms with van der Waals surface area (Å²) in [5.74, 6) is -0.361. The molecular formula is C23H23N3O3S. The van der Waals surface area contributed by atoms with Crippen LogP contribution in [0.2, 0.25) is 0 Å². The number of amides is 1. The lowest BCUT2D eigenvalue weighted by Gasteiger charge is -2.21. The molecule has 0 unspecified atom stereocenters. The summed E-state index contributed by atoms with van der Waals surface area (Å²) in [7, 11) is -3.75. The van der Waals surface area contributed by atoms with Crippen LogP contribution in [0.4, 0.5) is 17.1 Å². The highest BCUT2D eigenvalue weighted by Gasteiger charge is 2.36. The second-order valence-electron chi connectivity index (χ2n) is 7.88. The molecule has 1 saturated heterocycles. The van der Waals surface area contributed by atoms with Crippen molar-refractivity contribution in [2.75, 3.05) is 34.2 Å². The van der Waals surface area contributed by atoms with Crippen LogP contribution in [0.1, 0.15) is 18.4 Å². The van der Waals surface area contributed by atoms with Gasteiger partial charge in [0.15, 0.2) is 0 Å². The first kappa shape index (κ1) is 18.9. The van der Waals surface area contributed by atoms with Gasteiger partial charge in [-0.3, -0.25) is 9.10 Å². The number of carbonyl (C=O) groups excluding carboxylic acids is 1. The maximum atomic E-state index is 13.1. The van der Waals surface area contributed by atoms with Gasteiger partial charge in [-0.2, -0.15) is 0 Å². The molecule has 5 rings (SSSR count). The van der Waals surface area contributed by atoms with E-state index in [4.69, 9.17) is 0 Å². The van der Waals surface area contributed by atoms with Gasteiger partial charge in [-0.15, -0.1) is 0 Å². The zero-order valence-electron chi connectivity index (χ0n) is 16.8. The SMILES string of the molecule is Cc1cc(N2CCCC2)ccc1NC(=O)CN1c2cccc3cccc(c23)S1(=O)=O. The van der Waals surface area contributed by atoms with Gasteiger partial charge in [0.1, 0.15) is 6.54 Å². The van der Waals surface area contributed by atoms with Gasteiger partial charge >= 0.3 is 0 Å². The zero-order chi connectivity index (χ0) is 20.9. The molecule has 1 amide bonds. The highest BCUT2D eigenvalue weighted by molar-refractivity contribution is 7.93. The van der Waals surface area contributed by atoms with Crippen LogP contribution in [0.5, 0.6) is 0 Å². The van der Waals surface area contributed by atoms with Crippen molar-refractivity contribution in [2.24, 2.45) is 0 Å². The number of hydrogen-bond donors (Lipinski definition) is 1. The van der Waals surface area contributed by atoms with E-state index < -0.39 is 10.0 Å². The number of rotatable bonds is 4. The summed E-state index contributed by atoms with van der Waals surface area (Å²) >= 11 is 0. The molecule has 0 spiro atoms. The van der Waals surface area contributed by atoms with Gasteiger partial charge in [-0.1, -0.05) is 24.3 Å². The summed E-state index contributed by atoms with van der Waals surface area (Å²) in [6.45, 7) is 3.82. The van der Waals surface area contributed by atoms with Crippen molar-refractivity contribution in [2.45, 2.75) is 24.7 Å². The predicted molar refractivity (Wildman–Crippen MR) is 120 cm³/mol. The number of nitrogens with one attached hydrogen (secondary N) is 1. The summed E-state index contributed by atoms with van der Waals surface area (Å²) in [6.07, 6.45) is 2.41. The largest absolute Gasteiger partial charge is 0.372 e. The Hall–Kier alpha value is -3.06. The number of carbonyl (C=O) groups is 1. The van der Waals surface area contributed by atoms with Gasteiger partial charge in [0.2, 0.25) is 5.91 Å². The van der Waals surface area contributed by atoms with Crippen molar-refractivity contribution in [1.29, 1.82) is 0 Å². The number of nitrogens with zero attached hydrogens (tertiary/aromatic N) is 2. The molecule has 0 saturated carbocycles. The fourth-order valence-electron chi connectivity index (χ4n) is 4.41. The number of sulfonamides is 1. The normalized spacial score (nSPS) is 17.0. The minimum atomic E-state index is -3.75. The smallest absolute Gasteiger partial charge is 0.265 e. The molecular weight excluding hydrogens is 398 g/mol. The van der Waals surface area contributed by atoms with Crippen LogP contribution in [0.3, 0.4) is 0 Å². The highest BCUT2D eigenvalue weighted by Crippen LogP contribution is 2.41. The average Bonchev–Trinajstić information content (AvgIpc) is 3.33. The van der Waals surface area contributed by atoms with Gasteiger partial charge in [0.25, 0.3) is 10.0 Å². The van der Waals surface area contributed by atoms with E-state index in [0.717, 1.165) is 29.7 Å². The molecule has 1 N–H and O–H groups in total. The third kappa shape index (κ3) is 3.01. The Morgan fingerprint density at radius 1 is 1.03 bits per heavy atom. The minimum Gasteiger partial charge on any atom is -0.372 e. The lowest BCUT2D eigenvalue weighted by Crippen LogP contribution is -2.35. The van der Waals surface area contributed by atoms with Crippen LogP contribution in [-0.4, -0.2) is 34.0 Å². The first-order valence-corrected chi connectivity index (χ1v) is 11.6. The molecule has 3 aromatic rings. The van der Waals surface area contributed by atoms with Crippen LogP contribution in [0.25, 0.3) is 10.8 Å². The van der Waals surface area contributed by atoms with Crippen molar-refractivity contribution in [3.63, 3.8) is 0 Å². The second-order valence-corrected chi connectivity index (χ2v) is 9.72. The van der Waals surface area contributed by atoms with E-state index in [1.54, 1.807) is 18.2 Å². The maximum Gasteiger partial charge on any atom is 0.265 e. The summed E-state index contributed by atoms with van der Waals surface area (Å²) in [4.78, 5) is 15.4. The molecule has 0 bridgehead atoms. The molecule has 2 heterocycles. The first-order valence-electron chi connectivity index (χ1n) is 10.1. The lowest BCUT2D eigenvalue weighted by molar-refractivity contribution is -0.114. The number of hydrogen-bond acceptors (Lipinski definition) is 4. The lowest BCUT2D eigenvalue weighted by atomic mass is 10.1. The standard InChI is InChI=1S/C23H23N3O3S/c1-16-14-18(25-12-2-3-13-25)10-11-19(16)24-22(27)15-26-20-8-4-6-17-7-5-9-21(23(17)20)30(26,28)29/h4-11,14H,2-3,12-13,15H2,1H3,(H,24,27). The van der Waals surface area contributed by atoms with Crippen molar-refractivity contribution in [3.8, 4) is 0 Å². The zero-order valence-corrected chi connectivity index (χ0v) is 17.6. The Balaban J connectivity index is 1.38. The van der Waals surface area contributed by atoms with E-state index in [0.29, 0.717) is 16.8 Å². The molecule has 0 atom stereocenters. The molecule has 7 heteroatoms. The minimum absolute atomic E-state index is 0.259. The van der Waals surface area contributed by atoms with Crippen LogP contribution in [-0.2, 0) is 14.8 Å². The maximum absolute atomic E-state index is 13.1. The molecule has 0 aromatic heterocycles. The third-order valence-corrected chi connectivity index (χ3v) is 7.73. The summed E-state index contributed by atoms with van der Waals surface area (Å²) in [5, 5.41) is 4.42. The topological polar surface area (TPSA) is 69.7 Å². The van der Waals surface area contributed by atoms with E-state index >= 15 is 0 Å². The molecule has 0 aliphatic carbocycles. The molecule has 0 radical (unpaired) electrons. The van der Waals surface area contributed by atoms with Crippen LogP contribution in [0.15, 0.2) is 59.5 Å². The summed E-state index contributed by atoms with van der Waals surface area (Å²) in [5.41, 5.74) is 3.38. The van der Waals surface area contributed by atoms with E-state index in [-0.39, 0.29) is 17.3 Å². The quantitative estimate of drug-likeness (QED) is 0.694. The highest BCUT2D eigenvalue weighted by atomic mass is 32.2. The van der Waals surface area contributed by atoms with Gasteiger partial charge < -0.3 is 10.2 Å². The van der Waals surface area contributed by atoms with E-state index in [2.05, 4.69) is 16.3 Å². The van der Waals surface area contributed by atoms with Gasteiger partial charge in [-0.05, 0) is 61.0 Å². The Morgan fingerprint density at radius 3 is 2.50 bits per heavy atom. The van der Waals surface area contributed by atoms with E-state index in [1.165, 1.54) is 17.1 Å². The van der Waals surface area contributed by atoms with E-state index in [1.807, 2.05) is 37.3 Å². The van der Waals surface area contributed by atoms with E-state index in [9.17, 15) is 13.2 Å². The molecule has 1 fully saturated rings. The van der Waals surface area contributed by atoms with Crippen LogP contribution in [0, 0.1) is 6.92 Å². The third-order valence-electron chi connectivity index (χ3n) is 5.92. The Kier molecular flexibility index (Phi) is 4.43. The van der Waals surface area contributed by atoms with Gasteiger partial charge in [0, 0.05) is 29.9 Å². The Bertz CT molecular complexity index is 1260. The molecule has 30 heavy (non-hydrogen) atoms. The van der Waals surface area contributed by atoms with Crippen LogP contribution >= 0.6 is 0 Å². The Labute approximate surface area is 176 Å². The van der Waals surface area contributed by atoms with Gasteiger partial charge in [-0.25, -0.2) is 8.42 Å². The molecule has 2 aliphatic rings. The fraction of sp³-hybridized carbons (Fsp3) is 0.261. The molecule has 154 valence electrons. The number of benzene rings is 3. The number of anilines is 3. The monoisotopic (exact) mass is 421 g/mol. The number of aryl methyl sites for hydroxylation is 1. The second kappa shape index (κ2) is 7.02. The van der Waals surface area contributed by atoms with Crippen molar-refractivity contribution < 1.29 is 13.2 Å².